The highest BCUT2D eigenvalue weighted by molar-refractivity contribution is 14.1. The summed E-state index contributed by atoms with van der Waals surface area (Å²) in [6.45, 7) is 9.83. The summed E-state index contributed by atoms with van der Waals surface area (Å²) in [5.74, 6) is 0.798. The Bertz CT molecular complexity index is 641. The van der Waals surface area contributed by atoms with Crippen LogP contribution in [0.25, 0.3) is 0 Å². The first kappa shape index (κ1) is 24.5. The largest absolute Gasteiger partial charge is 0.489 e. The highest BCUT2D eigenvalue weighted by atomic mass is 127. The molecule has 6 nitrogen and oxygen atoms in total. The maximum Gasteiger partial charge on any atom is 0.410 e. The summed E-state index contributed by atoms with van der Waals surface area (Å²) in [5.41, 5.74) is -0.589. The summed E-state index contributed by atoms with van der Waals surface area (Å²) in [4.78, 5) is 27.8. The van der Waals surface area contributed by atoms with Crippen LogP contribution in [0.1, 0.15) is 47.5 Å². The van der Waals surface area contributed by atoms with Crippen molar-refractivity contribution in [3.05, 3.63) is 27.8 Å². The Kier molecular flexibility index (Phi) is 9.53. The predicted octanol–water partition coefficient (Wildman–Crippen LogP) is 4.55. The highest BCUT2D eigenvalue weighted by Gasteiger charge is 2.30. The first-order valence-corrected chi connectivity index (χ1v) is 10.6. The quantitative estimate of drug-likeness (QED) is 0.488. The van der Waals surface area contributed by atoms with E-state index in [2.05, 4.69) is 22.6 Å². The Hall–Kier alpha value is -1.51. The van der Waals surface area contributed by atoms with Crippen molar-refractivity contribution in [2.75, 3.05) is 20.6 Å². The number of carbonyl (C=O) groups is 2. The molecule has 1 rings (SSSR count). The van der Waals surface area contributed by atoms with E-state index in [4.69, 9.17) is 9.47 Å². The lowest BCUT2D eigenvalue weighted by Gasteiger charge is -2.34. The van der Waals surface area contributed by atoms with E-state index in [-0.39, 0.29) is 18.1 Å². The second kappa shape index (κ2) is 10.9. The molecule has 7 heteroatoms. The van der Waals surface area contributed by atoms with Gasteiger partial charge in [0, 0.05) is 30.6 Å². The average molecular weight is 504 g/mol. The number of hydrogen-bond acceptors (Lipinski definition) is 4. The van der Waals surface area contributed by atoms with Gasteiger partial charge in [0.15, 0.2) is 0 Å². The monoisotopic (exact) mass is 504 g/mol. The van der Waals surface area contributed by atoms with Gasteiger partial charge in [-0.25, -0.2) is 4.79 Å². The molecule has 0 saturated carbocycles. The van der Waals surface area contributed by atoms with Crippen molar-refractivity contribution >= 4 is 34.6 Å². The number of halogens is 1. The second-order valence-electron chi connectivity index (χ2n) is 8.08. The van der Waals surface area contributed by atoms with Crippen LogP contribution < -0.4 is 4.74 Å². The van der Waals surface area contributed by atoms with Crippen LogP contribution in [-0.2, 0) is 9.53 Å². The number of nitrogens with zero attached hydrogens (tertiary/aromatic N) is 2. The second-order valence-corrected chi connectivity index (χ2v) is 9.33. The third-order valence-corrected chi connectivity index (χ3v) is 4.94. The summed E-state index contributed by atoms with van der Waals surface area (Å²) in [6, 6.07) is 7.57. The molecule has 2 atom stereocenters. The molecule has 158 valence electrons. The number of hydrogen-bond donors (Lipinski definition) is 0. The van der Waals surface area contributed by atoms with Gasteiger partial charge in [-0.05, 0) is 87.9 Å². The van der Waals surface area contributed by atoms with Crippen molar-refractivity contribution in [3.8, 4) is 5.75 Å². The van der Waals surface area contributed by atoms with Crippen molar-refractivity contribution < 1.29 is 19.1 Å². The molecule has 28 heavy (non-hydrogen) atoms. The SMILES string of the molecule is CC(Oc1ccc(I)cc1)C(C)N(CCCC(=O)N(C)C)C(=O)OC(C)(C)C. The Morgan fingerprint density at radius 2 is 1.68 bits per heavy atom. The van der Waals surface area contributed by atoms with Crippen molar-refractivity contribution in [3.63, 3.8) is 0 Å². The van der Waals surface area contributed by atoms with Crippen LogP contribution in [0, 0.1) is 3.57 Å². The van der Waals surface area contributed by atoms with E-state index >= 15 is 0 Å². The van der Waals surface area contributed by atoms with Gasteiger partial charge < -0.3 is 19.3 Å². The number of ether oxygens (including phenoxy) is 2. The van der Waals surface area contributed by atoms with Crippen LogP contribution >= 0.6 is 22.6 Å². The minimum absolute atomic E-state index is 0.0416. The molecule has 0 radical (unpaired) electrons. The molecule has 0 aliphatic rings. The Morgan fingerprint density at radius 1 is 1.11 bits per heavy atom. The van der Waals surface area contributed by atoms with E-state index in [0.717, 1.165) is 9.32 Å². The van der Waals surface area contributed by atoms with Crippen molar-refractivity contribution in [1.29, 1.82) is 0 Å². The van der Waals surface area contributed by atoms with E-state index in [0.29, 0.717) is 19.4 Å². The van der Waals surface area contributed by atoms with E-state index in [1.807, 2.05) is 58.9 Å². The average Bonchev–Trinajstić information content (AvgIpc) is 2.58. The molecule has 0 bridgehead atoms. The first-order valence-electron chi connectivity index (χ1n) is 9.52. The number of benzene rings is 1. The predicted molar refractivity (Wildman–Crippen MR) is 120 cm³/mol. The zero-order chi connectivity index (χ0) is 21.5. The molecule has 0 spiro atoms. The molecule has 0 heterocycles. The van der Waals surface area contributed by atoms with Crippen LogP contribution in [0.4, 0.5) is 4.79 Å². The van der Waals surface area contributed by atoms with Gasteiger partial charge in [-0.15, -0.1) is 0 Å². The highest BCUT2D eigenvalue weighted by Crippen LogP contribution is 2.20. The number of rotatable bonds is 8. The van der Waals surface area contributed by atoms with Crippen LogP contribution in [-0.4, -0.2) is 60.2 Å². The molecule has 0 aliphatic carbocycles. The molecular weight excluding hydrogens is 471 g/mol. The zero-order valence-corrected chi connectivity index (χ0v) is 20.1. The van der Waals surface area contributed by atoms with E-state index in [1.54, 1.807) is 23.9 Å². The fraction of sp³-hybridized carbons (Fsp3) is 0.619. The van der Waals surface area contributed by atoms with Crippen LogP contribution in [0.2, 0.25) is 0 Å². The Morgan fingerprint density at radius 3 is 2.18 bits per heavy atom. The summed E-state index contributed by atoms with van der Waals surface area (Å²) in [7, 11) is 3.46. The van der Waals surface area contributed by atoms with Gasteiger partial charge in [0.1, 0.15) is 17.5 Å². The van der Waals surface area contributed by atoms with Gasteiger partial charge >= 0.3 is 6.09 Å². The van der Waals surface area contributed by atoms with Gasteiger partial charge in [0.2, 0.25) is 5.91 Å². The normalized spacial score (nSPS) is 13.4. The van der Waals surface area contributed by atoms with Crippen molar-refractivity contribution in [1.82, 2.24) is 9.80 Å². The lowest BCUT2D eigenvalue weighted by Crippen LogP contribution is -2.48. The molecule has 0 aromatic heterocycles. The third kappa shape index (κ3) is 8.67. The van der Waals surface area contributed by atoms with Crippen LogP contribution in [0.15, 0.2) is 24.3 Å². The fourth-order valence-corrected chi connectivity index (χ4v) is 2.85. The maximum absolute atomic E-state index is 12.8. The molecule has 1 aromatic rings. The van der Waals surface area contributed by atoms with Gasteiger partial charge in [0.25, 0.3) is 0 Å². The molecule has 0 aliphatic heterocycles. The van der Waals surface area contributed by atoms with E-state index in [1.165, 1.54) is 0 Å². The van der Waals surface area contributed by atoms with Crippen LogP contribution in [0.3, 0.4) is 0 Å². The zero-order valence-electron chi connectivity index (χ0n) is 18.0. The summed E-state index contributed by atoms with van der Waals surface area (Å²) in [5, 5.41) is 0. The molecule has 0 fully saturated rings. The van der Waals surface area contributed by atoms with Gasteiger partial charge in [-0.1, -0.05) is 0 Å². The van der Waals surface area contributed by atoms with E-state index < -0.39 is 11.7 Å². The Labute approximate surface area is 182 Å². The minimum atomic E-state index is -0.589. The third-order valence-electron chi connectivity index (χ3n) is 4.22. The topological polar surface area (TPSA) is 59.1 Å². The minimum Gasteiger partial charge on any atom is -0.489 e. The lowest BCUT2D eigenvalue weighted by atomic mass is 10.1. The molecule has 2 amide bonds. The van der Waals surface area contributed by atoms with Gasteiger partial charge in [0.05, 0.1) is 6.04 Å². The fourth-order valence-electron chi connectivity index (χ4n) is 2.49. The molecule has 2 unspecified atom stereocenters. The summed E-state index contributed by atoms with van der Waals surface area (Å²) >= 11 is 2.24. The molecule has 0 N–H and O–H groups in total. The molecule has 0 saturated heterocycles. The number of amides is 2. The molecular formula is C21H33IN2O4. The summed E-state index contributed by atoms with van der Waals surface area (Å²) < 4.78 is 12.7. The molecule has 1 aromatic carbocycles. The van der Waals surface area contributed by atoms with Crippen molar-refractivity contribution in [2.45, 2.75) is 65.2 Å². The lowest BCUT2D eigenvalue weighted by molar-refractivity contribution is -0.128. The van der Waals surface area contributed by atoms with Gasteiger partial charge in [-0.2, -0.15) is 0 Å². The summed E-state index contributed by atoms with van der Waals surface area (Å²) in [6.07, 6.45) is 0.315. The smallest absolute Gasteiger partial charge is 0.410 e. The standard InChI is InChI=1S/C21H33IN2O4/c1-15(16(2)27-18-12-10-17(22)11-13-18)24(20(26)28-21(3,4)5)14-8-9-19(25)23(6)7/h10-13,15-16H,8-9,14H2,1-7H3. The Balaban J connectivity index is 2.83. The maximum atomic E-state index is 12.8. The van der Waals surface area contributed by atoms with Crippen molar-refractivity contribution in [2.24, 2.45) is 0 Å². The van der Waals surface area contributed by atoms with Gasteiger partial charge in [-0.3, -0.25) is 4.79 Å². The number of carbonyl (C=O) groups excluding carboxylic acids is 2. The van der Waals surface area contributed by atoms with Crippen LogP contribution in [0.5, 0.6) is 5.75 Å². The van der Waals surface area contributed by atoms with E-state index in [9.17, 15) is 9.59 Å². The first-order chi connectivity index (χ1) is 12.9.